The predicted octanol–water partition coefficient (Wildman–Crippen LogP) is 4.58. The fraction of sp³-hybridized carbons (Fsp3) is 0.304. The summed E-state index contributed by atoms with van der Waals surface area (Å²) in [5.74, 6) is -0.557. The van der Waals surface area contributed by atoms with Gasteiger partial charge in [-0.15, -0.1) is 0 Å². The maximum Gasteiger partial charge on any atom is 0.295 e. The number of likely N-dealkylation sites (tertiary alicyclic amines) is 1. The largest absolute Gasteiger partial charge is 0.507 e. The Labute approximate surface area is 180 Å². The van der Waals surface area contributed by atoms with Crippen molar-refractivity contribution in [2.24, 2.45) is 0 Å². The third-order valence-corrected chi connectivity index (χ3v) is 5.40. The van der Waals surface area contributed by atoms with E-state index in [9.17, 15) is 14.7 Å². The molecular weight excluding hydrogens is 406 g/mol. The van der Waals surface area contributed by atoms with Crippen molar-refractivity contribution in [1.29, 1.82) is 0 Å². The van der Waals surface area contributed by atoms with E-state index in [-0.39, 0.29) is 11.3 Å². The van der Waals surface area contributed by atoms with E-state index in [1.165, 1.54) is 12.0 Å². The van der Waals surface area contributed by atoms with Crippen LogP contribution in [-0.2, 0) is 9.59 Å². The minimum Gasteiger partial charge on any atom is -0.507 e. The Bertz CT molecular complexity index is 984. The van der Waals surface area contributed by atoms with Crippen molar-refractivity contribution < 1.29 is 24.2 Å². The first kappa shape index (κ1) is 21.7. The Kier molecular flexibility index (Phi) is 6.67. The number of amides is 1. The third kappa shape index (κ3) is 4.00. The van der Waals surface area contributed by atoms with Gasteiger partial charge in [-0.2, -0.15) is 0 Å². The normalized spacial score (nSPS) is 18.0. The molecule has 0 aromatic heterocycles. The summed E-state index contributed by atoms with van der Waals surface area (Å²) < 4.78 is 10.8. The van der Waals surface area contributed by atoms with Crippen molar-refractivity contribution in [2.75, 3.05) is 20.8 Å². The second kappa shape index (κ2) is 9.22. The topological polar surface area (TPSA) is 76.1 Å². The molecule has 1 N–H and O–H groups in total. The Morgan fingerprint density at radius 2 is 1.80 bits per heavy atom. The highest BCUT2D eigenvalue weighted by molar-refractivity contribution is 6.46. The van der Waals surface area contributed by atoms with Gasteiger partial charge in [0.2, 0.25) is 0 Å². The fourth-order valence-corrected chi connectivity index (χ4v) is 3.70. The van der Waals surface area contributed by atoms with Gasteiger partial charge in [0.15, 0.2) is 0 Å². The summed E-state index contributed by atoms with van der Waals surface area (Å²) in [6.07, 6.45) is 1.58. The number of aliphatic hydroxyl groups excluding tert-OH is 1. The lowest BCUT2D eigenvalue weighted by atomic mass is 9.94. The van der Waals surface area contributed by atoms with Gasteiger partial charge in [-0.1, -0.05) is 24.9 Å². The van der Waals surface area contributed by atoms with Gasteiger partial charge >= 0.3 is 0 Å². The lowest BCUT2D eigenvalue weighted by molar-refractivity contribution is -0.139. The van der Waals surface area contributed by atoms with Gasteiger partial charge in [-0.05, 0) is 42.8 Å². The molecule has 158 valence electrons. The first-order valence-corrected chi connectivity index (χ1v) is 10.1. The molecule has 1 amide bonds. The Balaban J connectivity index is 2.21. The van der Waals surface area contributed by atoms with E-state index in [2.05, 4.69) is 0 Å². The van der Waals surface area contributed by atoms with Crippen LogP contribution in [0.2, 0.25) is 5.02 Å². The highest BCUT2D eigenvalue weighted by Gasteiger charge is 2.46. The monoisotopic (exact) mass is 429 g/mol. The molecule has 1 atom stereocenters. The van der Waals surface area contributed by atoms with Crippen molar-refractivity contribution in [3.05, 3.63) is 64.2 Å². The van der Waals surface area contributed by atoms with Crippen LogP contribution in [0.25, 0.3) is 5.76 Å². The minimum atomic E-state index is -0.770. The molecule has 0 aliphatic carbocycles. The van der Waals surface area contributed by atoms with Crippen molar-refractivity contribution in [1.82, 2.24) is 4.90 Å². The molecule has 0 radical (unpaired) electrons. The number of Topliss-reactive ketones (excluding diaryl/α,β-unsaturated/α-hetero) is 1. The molecule has 6 nitrogen and oxygen atoms in total. The second-order valence-electron chi connectivity index (χ2n) is 6.96. The predicted molar refractivity (Wildman–Crippen MR) is 115 cm³/mol. The van der Waals surface area contributed by atoms with Gasteiger partial charge in [0.1, 0.15) is 17.3 Å². The van der Waals surface area contributed by atoms with E-state index in [0.717, 1.165) is 12.8 Å². The summed E-state index contributed by atoms with van der Waals surface area (Å²) in [4.78, 5) is 27.3. The number of carbonyl (C=O) groups is 2. The van der Waals surface area contributed by atoms with Gasteiger partial charge < -0.3 is 19.5 Å². The minimum absolute atomic E-state index is 0.0295. The quantitative estimate of drug-likeness (QED) is 0.396. The van der Waals surface area contributed by atoms with Crippen LogP contribution in [0.15, 0.2) is 48.0 Å². The summed E-state index contributed by atoms with van der Waals surface area (Å²) >= 11 is 5.95. The van der Waals surface area contributed by atoms with Crippen LogP contribution >= 0.6 is 11.6 Å². The summed E-state index contributed by atoms with van der Waals surface area (Å²) in [6.45, 7) is 2.39. The summed E-state index contributed by atoms with van der Waals surface area (Å²) in [5, 5.41) is 11.5. The van der Waals surface area contributed by atoms with Crippen molar-refractivity contribution in [2.45, 2.75) is 25.8 Å². The molecule has 1 heterocycles. The second-order valence-corrected chi connectivity index (χ2v) is 7.40. The number of hydrogen-bond donors (Lipinski definition) is 1. The molecule has 1 aliphatic heterocycles. The number of hydrogen-bond acceptors (Lipinski definition) is 5. The van der Waals surface area contributed by atoms with Crippen LogP contribution in [0.1, 0.15) is 36.9 Å². The zero-order chi connectivity index (χ0) is 21.8. The molecule has 1 fully saturated rings. The Hall–Kier alpha value is -2.99. The molecule has 3 rings (SSSR count). The molecule has 30 heavy (non-hydrogen) atoms. The average molecular weight is 430 g/mol. The van der Waals surface area contributed by atoms with Crippen LogP contribution in [0, 0.1) is 0 Å². The first-order chi connectivity index (χ1) is 14.4. The van der Waals surface area contributed by atoms with E-state index in [1.54, 1.807) is 49.6 Å². The zero-order valence-electron chi connectivity index (χ0n) is 17.1. The summed E-state index contributed by atoms with van der Waals surface area (Å²) in [6, 6.07) is 10.9. The van der Waals surface area contributed by atoms with E-state index >= 15 is 0 Å². The van der Waals surface area contributed by atoms with Crippen molar-refractivity contribution in [3.8, 4) is 11.5 Å². The first-order valence-electron chi connectivity index (χ1n) is 9.69. The SMILES string of the molecule is CCCCN1C(=O)C(=O)/C(=C(/O)c2ccc(Cl)cc2)[C@@H]1c1ccc(OC)cc1OC. The van der Waals surface area contributed by atoms with E-state index < -0.39 is 17.7 Å². The van der Waals surface area contributed by atoms with Crippen molar-refractivity contribution in [3.63, 3.8) is 0 Å². The number of ether oxygens (including phenoxy) is 2. The van der Waals surface area contributed by atoms with Crippen LogP contribution in [0.3, 0.4) is 0 Å². The Morgan fingerprint density at radius 3 is 2.40 bits per heavy atom. The number of unbranched alkanes of at least 4 members (excludes halogenated alkanes) is 1. The van der Waals surface area contributed by atoms with Gasteiger partial charge in [-0.3, -0.25) is 9.59 Å². The summed E-state index contributed by atoms with van der Waals surface area (Å²) in [7, 11) is 3.05. The smallest absolute Gasteiger partial charge is 0.295 e. The fourth-order valence-electron chi connectivity index (χ4n) is 3.57. The molecule has 1 aliphatic rings. The van der Waals surface area contributed by atoms with Crippen LogP contribution in [-0.4, -0.2) is 42.5 Å². The van der Waals surface area contributed by atoms with Gasteiger partial charge in [0, 0.05) is 28.8 Å². The van der Waals surface area contributed by atoms with Gasteiger partial charge in [0.25, 0.3) is 11.7 Å². The summed E-state index contributed by atoms with van der Waals surface area (Å²) in [5.41, 5.74) is 1.04. The van der Waals surface area contributed by atoms with E-state index in [4.69, 9.17) is 21.1 Å². The zero-order valence-corrected chi connectivity index (χ0v) is 17.9. The lowest BCUT2D eigenvalue weighted by Gasteiger charge is -2.26. The number of benzene rings is 2. The molecule has 0 saturated carbocycles. The number of aliphatic hydroxyl groups is 1. The average Bonchev–Trinajstić information content (AvgIpc) is 3.01. The third-order valence-electron chi connectivity index (χ3n) is 5.15. The highest BCUT2D eigenvalue weighted by Crippen LogP contribution is 2.43. The number of ketones is 1. The molecule has 0 bridgehead atoms. The standard InChI is InChI=1S/C23H24ClNO5/c1-4-5-12-25-20(17-11-10-16(29-2)13-18(17)30-3)19(22(27)23(25)28)21(26)14-6-8-15(24)9-7-14/h6-11,13,20,26H,4-5,12H2,1-3H3/b21-19+/t20-/m0/s1. The molecule has 0 unspecified atom stereocenters. The van der Waals surface area contributed by atoms with Crippen LogP contribution in [0.4, 0.5) is 0 Å². The number of nitrogens with zero attached hydrogens (tertiary/aromatic N) is 1. The van der Waals surface area contributed by atoms with E-state index in [1.807, 2.05) is 6.92 Å². The number of rotatable bonds is 7. The number of carbonyl (C=O) groups excluding carboxylic acids is 2. The number of halogens is 1. The van der Waals surface area contributed by atoms with Gasteiger partial charge in [-0.25, -0.2) is 0 Å². The molecule has 2 aromatic rings. The molecule has 1 saturated heterocycles. The lowest BCUT2D eigenvalue weighted by Crippen LogP contribution is -2.30. The van der Waals surface area contributed by atoms with Gasteiger partial charge in [0.05, 0.1) is 25.8 Å². The van der Waals surface area contributed by atoms with Crippen LogP contribution in [0.5, 0.6) is 11.5 Å². The molecular formula is C23H24ClNO5. The van der Waals surface area contributed by atoms with Crippen LogP contribution < -0.4 is 9.47 Å². The highest BCUT2D eigenvalue weighted by atomic mass is 35.5. The van der Waals surface area contributed by atoms with E-state index in [0.29, 0.717) is 34.2 Å². The Morgan fingerprint density at radius 1 is 1.10 bits per heavy atom. The molecule has 0 spiro atoms. The maximum absolute atomic E-state index is 13.0. The number of methoxy groups -OCH3 is 2. The molecule has 2 aromatic carbocycles. The maximum atomic E-state index is 13.0. The van der Waals surface area contributed by atoms with Crippen molar-refractivity contribution >= 4 is 29.1 Å². The molecule has 7 heteroatoms.